The maximum Gasteiger partial charge on any atom is 0.154 e. The van der Waals surface area contributed by atoms with Gasteiger partial charge >= 0.3 is 0 Å². The molecular weight excluding hydrogens is 270 g/mol. The number of hydrogen-bond acceptors (Lipinski definition) is 3. The number of benzene rings is 1. The van der Waals surface area contributed by atoms with E-state index < -0.39 is 9.84 Å². The molecule has 20 heavy (non-hydrogen) atoms. The molecule has 0 spiro atoms. The van der Waals surface area contributed by atoms with Gasteiger partial charge in [0, 0.05) is 12.6 Å². The lowest BCUT2D eigenvalue weighted by atomic mass is 9.95. The minimum Gasteiger partial charge on any atom is -0.309 e. The molecule has 0 amide bonds. The van der Waals surface area contributed by atoms with Gasteiger partial charge in [0.05, 0.1) is 11.0 Å². The van der Waals surface area contributed by atoms with Crippen LogP contribution in [0.1, 0.15) is 48.1 Å². The summed E-state index contributed by atoms with van der Waals surface area (Å²) in [6, 6.07) is 4.56. The molecule has 1 aromatic carbocycles. The second-order valence-corrected chi connectivity index (χ2v) is 8.47. The van der Waals surface area contributed by atoms with Gasteiger partial charge in [0.15, 0.2) is 9.84 Å². The molecule has 112 valence electrons. The molecule has 1 fully saturated rings. The molecule has 0 radical (unpaired) electrons. The van der Waals surface area contributed by atoms with Gasteiger partial charge in [-0.1, -0.05) is 17.7 Å². The maximum absolute atomic E-state index is 11.8. The fourth-order valence-corrected chi connectivity index (χ4v) is 5.15. The summed E-state index contributed by atoms with van der Waals surface area (Å²) >= 11 is 0. The fourth-order valence-electron chi connectivity index (χ4n) is 3.37. The first-order valence-corrected chi connectivity index (χ1v) is 9.05. The Hall–Kier alpha value is -0.870. The van der Waals surface area contributed by atoms with Crippen molar-refractivity contribution < 1.29 is 8.42 Å². The highest BCUT2D eigenvalue weighted by atomic mass is 32.2. The van der Waals surface area contributed by atoms with Crippen molar-refractivity contribution in [3.63, 3.8) is 0 Å². The maximum atomic E-state index is 11.8. The largest absolute Gasteiger partial charge is 0.309 e. The predicted octanol–water partition coefficient (Wildman–Crippen LogP) is 2.84. The summed E-state index contributed by atoms with van der Waals surface area (Å²) < 4.78 is 23.7. The molecule has 2 atom stereocenters. The lowest BCUT2D eigenvalue weighted by Gasteiger charge is -2.21. The summed E-state index contributed by atoms with van der Waals surface area (Å²) in [5.74, 6) is 0.357. The Morgan fingerprint density at radius 3 is 2.35 bits per heavy atom. The van der Waals surface area contributed by atoms with E-state index in [1.807, 2.05) is 0 Å². The van der Waals surface area contributed by atoms with Crippen LogP contribution in [0.2, 0.25) is 0 Å². The Morgan fingerprint density at radius 2 is 1.85 bits per heavy atom. The van der Waals surface area contributed by atoms with Crippen LogP contribution in [-0.4, -0.2) is 26.0 Å². The van der Waals surface area contributed by atoms with Crippen LogP contribution in [0.4, 0.5) is 0 Å². The summed E-state index contributed by atoms with van der Waals surface area (Å²) in [6.07, 6.45) is 1.61. The molecule has 2 rings (SSSR count). The standard InChI is InChI=1S/C16H25NO2S/c1-11-8-12(2)16(13(3)9-11)14(4)17-10-15-6-5-7-20(15,18)19/h8-9,14-15,17H,5-7,10H2,1-4H3. The minimum absolute atomic E-state index is 0.186. The van der Waals surface area contributed by atoms with Crippen molar-refractivity contribution in [3.8, 4) is 0 Å². The fraction of sp³-hybridized carbons (Fsp3) is 0.625. The van der Waals surface area contributed by atoms with Gasteiger partial charge in [-0.2, -0.15) is 0 Å². The summed E-state index contributed by atoms with van der Waals surface area (Å²) in [7, 11) is -2.85. The Bertz CT molecular complexity index is 569. The third-order valence-electron chi connectivity index (χ3n) is 4.29. The van der Waals surface area contributed by atoms with E-state index in [1.165, 1.54) is 22.3 Å². The van der Waals surface area contributed by atoms with Crippen LogP contribution in [0.5, 0.6) is 0 Å². The van der Waals surface area contributed by atoms with Crippen LogP contribution < -0.4 is 5.32 Å². The van der Waals surface area contributed by atoms with Crippen molar-refractivity contribution in [3.05, 3.63) is 34.4 Å². The molecule has 1 heterocycles. The number of rotatable bonds is 4. The molecule has 1 aliphatic heterocycles. The van der Waals surface area contributed by atoms with Gasteiger partial charge in [-0.25, -0.2) is 8.42 Å². The van der Waals surface area contributed by atoms with Crippen LogP contribution in [-0.2, 0) is 9.84 Å². The van der Waals surface area contributed by atoms with Crippen LogP contribution in [0.15, 0.2) is 12.1 Å². The van der Waals surface area contributed by atoms with E-state index in [9.17, 15) is 8.42 Å². The highest BCUT2D eigenvalue weighted by molar-refractivity contribution is 7.92. The van der Waals surface area contributed by atoms with Crippen LogP contribution in [0.3, 0.4) is 0 Å². The van der Waals surface area contributed by atoms with Crippen LogP contribution in [0.25, 0.3) is 0 Å². The molecule has 0 aromatic heterocycles. The van der Waals surface area contributed by atoms with Gasteiger partial charge in [0.25, 0.3) is 0 Å². The Labute approximate surface area is 122 Å². The van der Waals surface area contributed by atoms with E-state index in [4.69, 9.17) is 0 Å². The van der Waals surface area contributed by atoms with E-state index in [1.54, 1.807) is 0 Å². The van der Waals surface area contributed by atoms with E-state index >= 15 is 0 Å². The minimum atomic E-state index is -2.85. The topological polar surface area (TPSA) is 46.2 Å². The zero-order chi connectivity index (χ0) is 14.9. The first-order chi connectivity index (χ1) is 9.31. The number of hydrogen-bond donors (Lipinski definition) is 1. The van der Waals surface area contributed by atoms with Gasteiger partial charge in [-0.15, -0.1) is 0 Å². The van der Waals surface area contributed by atoms with Crippen molar-refractivity contribution in [2.75, 3.05) is 12.3 Å². The molecular formula is C16H25NO2S. The van der Waals surface area contributed by atoms with Crippen molar-refractivity contribution in [2.45, 2.75) is 51.8 Å². The average molecular weight is 295 g/mol. The smallest absolute Gasteiger partial charge is 0.154 e. The third kappa shape index (κ3) is 3.23. The highest BCUT2D eigenvalue weighted by Crippen LogP contribution is 2.25. The zero-order valence-corrected chi connectivity index (χ0v) is 13.7. The number of aryl methyl sites for hydroxylation is 3. The quantitative estimate of drug-likeness (QED) is 0.929. The summed E-state index contributed by atoms with van der Waals surface area (Å²) in [5.41, 5.74) is 5.12. The number of sulfone groups is 1. The lowest BCUT2D eigenvalue weighted by Crippen LogP contribution is -2.32. The van der Waals surface area contributed by atoms with Gasteiger partial charge in [-0.3, -0.25) is 0 Å². The molecule has 1 N–H and O–H groups in total. The molecule has 0 saturated carbocycles. The Morgan fingerprint density at radius 1 is 1.25 bits per heavy atom. The second kappa shape index (κ2) is 5.86. The monoisotopic (exact) mass is 295 g/mol. The normalized spacial score (nSPS) is 22.9. The van der Waals surface area contributed by atoms with Crippen molar-refractivity contribution in [1.29, 1.82) is 0 Å². The average Bonchev–Trinajstić information content (AvgIpc) is 2.64. The predicted molar refractivity (Wildman–Crippen MR) is 83.9 cm³/mol. The van der Waals surface area contributed by atoms with Crippen molar-refractivity contribution >= 4 is 9.84 Å². The van der Waals surface area contributed by atoms with Crippen LogP contribution in [0, 0.1) is 20.8 Å². The first kappa shape index (κ1) is 15.5. The van der Waals surface area contributed by atoms with Crippen LogP contribution >= 0.6 is 0 Å². The lowest BCUT2D eigenvalue weighted by molar-refractivity contribution is 0.535. The van der Waals surface area contributed by atoms with Gasteiger partial charge in [0.2, 0.25) is 0 Å². The van der Waals surface area contributed by atoms with Gasteiger partial charge in [-0.05, 0) is 57.2 Å². The van der Waals surface area contributed by atoms with E-state index in [0.717, 1.165) is 12.8 Å². The molecule has 1 aromatic rings. The highest BCUT2D eigenvalue weighted by Gasteiger charge is 2.31. The zero-order valence-electron chi connectivity index (χ0n) is 12.9. The van der Waals surface area contributed by atoms with Gasteiger partial charge in [0.1, 0.15) is 0 Å². The van der Waals surface area contributed by atoms with E-state index in [2.05, 4.69) is 45.1 Å². The summed E-state index contributed by atoms with van der Waals surface area (Å²) in [4.78, 5) is 0. The van der Waals surface area contributed by atoms with Crippen molar-refractivity contribution in [2.24, 2.45) is 0 Å². The van der Waals surface area contributed by atoms with E-state index in [-0.39, 0.29) is 11.3 Å². The van der Waals surface area contributed by atoms with Gasteiger partial charge < -0.3 is 5.32 Å². The molecule has 4 heteroatoms. The molecule has 2 unspecified atom stereocenters. The summed E-state index contributed by atoms with van der Waals surface area (Å²) in [5, 5.41) is 3.22. The number of nitrogens with one attached hydrogen (secondary N) is 1. The SMILES string of the molecule is Cc1cc(C)c(C(C)NCC2CCCS2(=O)=O)c(C)c1. The molecule has 1 saturated heterocycles. The van der Waals surface area contributed by atoms with E-state index in [0.29, 0.717) is 12.3 Å². The third-order valence-corrected chi connectivity index (χ3v) is 6.56. The Balaban J connectivity index is 2.08. The molecule has 1 aliphatic rings. The Kier molecular flexibility index (Phi) is 4.55. The molecule has 3 nitrogen and oxygen atoms in total. The second-order valence-electron chi connectivity index (χ2n) is 6.07. The first-order valence-electron chi connectivity index (χ1n) is 7.34. The van der Waals surface area contributed by atoms with Crippen molar-refractivity contribution in [1.82, 2.24) is 5.32 Å². The molecule has 0 aliphatic carbocycles. The molecule has 0 bridgehead atoms. The summed E-state index contributed by atoms with van der Waals surface area (Å²) in [6.45, 7) is 9.04.